The van der Waals surface area contributed by atoms with Gasteiger partial charge in [-0.15, -0.1) is 0 Å². The lowest BCUT2D eigenvalue weighted by Crippen LogP contribution is -1.71. The molecule has 0 aliphatic heterocycles. The molecular formula is C5H6O2. The minimum atomic E-state index is 0.308. The smallest absolute Gasteiger partial charge is 0.307 e. The predicted molar refractivity (Wildman–Crippen MR) is 25.2 cm³/mol. The first kappa shape index (κ1) is 6.03. The fourth-order valence-electron chi connectivity index (χ4n) is 0.138. The molecule has 0 aromatic carbocycles. The third-order valence-electron chi connectivity index (χ3n) is 0.356. The molecule has 0 saturated carbocycles. The van der Waals surface area contributed by atoms with Gasteiger partial charge in [0, 0.05) is 6.42 Å². The number of carbonyl (C=O) groups excluding carboxylic acids is 1. The fraction of sp³-hybridized carbons (Fsp3) is 0.400. The second-order valence-electron chi connectivity index (χ2n) is 0.846. The molecule has 0 N–H and O–H groups in total. The maximum absolute atomic E-state index is 9.35. The van der Waals surface area contributed by atoms with E-state index in [2.05, 4.69) is 16.8 Å². The van der Waals surface area contributed by atoms with E-state index in [4.69, 9.17) is 0 Å². The molecule has 2 heteroatoms. The van der Waals surface area contributed by atoms with E-state index in [0.29, 0.717) is 12.9 Å². The first-order valence-corrected chi connectivity index (χ1v) is 1.99. The number of rotatable bonds is 1. The zero-order valence-corrected chi connectivity index (χ0v) is 4.10. The molecule has 0 bridgehead atoms. The van der Waals surface area contributed by atoms with Gasteiger partial charge in [0.15, 0.2) is 0 Å². The lowest BCUT2D eigenvalue weighted by atomic mass is 10.5. The Morgan fingerprint density at radius 1 is 1.86 bits per heavy atom. The summed E-state index contributed by atoms with van der Waals surface area (Å²) in [4.78, 5) is 9.35. The Bertz CT molecular complexity index is 96.4. The van der Waals surface area contributed by atoms with Crippen LogP contribution in [-0.4, -0.2) is 6.47 Å². The lowest BCUT2D eigenvalue weighted by molar-refractivity contribution is -0.122. The van der Waals surface area contributed by atoms with Crippen molar-refractivity contribution < 1.29 is 9.53 Å². The molecule has 0 aliphatic carbocycles. The van der Waals surface area contributed by atoms with Gasteiger partial charge in [-0.2, -0.15) is 0 Å². The zero-order valence-electron chi connectivity index (χ0n) is 4.10. The van der Waals surface area contributed by atoms with E-state index in [0.717, 1.165) is 0 Å². The topological polar surface area (TPSA) is 26.3 Å². The molecule has 0 aliphatic rings. The van der Waals surface area contributed by atoms with Crippen molar-refractivity contribution >= 4 is 6.47 Å². The van der Waals surface area contributed by atoms with Crippen molar-refractivity contribution in [3.63, 3.8) is 0 Å². The van der Waals surface area contributed by atoms with Crippen LogP contribution < -0.4 is 0 Å². The Morgan fingerprint density at radius 3 is 3.00 bits per heavy atom. The SMILES string of the molecule is CCC#COC=O. The van der Waals surface area contributed by atoms with Crippen molar-refractivity contribution in [2.45, 2.75) is 13.3 Å². The Hall–Kier alpha value is -0.970. The largest absolute Gasteiger partial charge is 0.375 e. The highest BCUT2D eigenvalue weighted by Gasteiger charge is 1.61. The highest BCUT2D eigenvalue weighted by Crippen LogP contribution is 1.65. The number of hydrogen-bond donors (Lipinski definition) is 0. The van der Waals surface area contributed by atoms with Crippen molar-refractivity contribution in [2.75, 3.05) is 0 Å². The van der Waals surface area contributed by atoms with E-state index in [1.807, 2.05) is 6.92 Å². The summed E-state index contributed by atoms with van der Waals surface area (Å²) in [5.74, 6) is 2.55. The van der Waals surface area contributed by atoms with Crippen LogP contribution in [0.1, 0.15) is 13.3 Å². The zero-order chi connectivity index (χ0) is 5.54. The van der Waals surface area contributed by atoms with Gasteiger partial charge in [0.2, 0.25) is 0 Å². The Morgan fingerprint density at radius 2 is 2.57 bits per heavy atom. The van der Waals surface area contributed by atoms with Gasteiger partial charge in [0.1, 0.15) is 6.11 Å². The summed E-state index contributed by atoms with van der Waals surface area (Å²) < 4.78 is 4.03. The molecule has 0 spiro atoms. The van der Waals surface area contributed by atoms with Gasteiger partial charge in [-0.3, -0.25) is 4.79 Å². The quantitative estimate of drug-likeness (QED) is 0.353. The van der Waals surface area contributed by atoms with E-state index >= 15 is 0 Å². The van der Waals surface area contributed by atoms with Crippen LogP contribution in [0.4, 0.5) is 0 Å². The van der Waals surface area contributed by atoms with E-state index in [1.54, 1.807) is 0 Å². The summed E-state index contributed by atoms with van der Waals surface area (Å²) in [5, 5.41) is 0. The minimum absolute atomic E-state index is 0.308. The maximum atomic E-state index is 9.35. The molecule has 0 aromatic heterocycles. The van der Waals surface area contributed by atoms with Crippen LogP contribution >= 0.6 is 0 Å². The molecule has 0 radical (unpaired) electrons. The van der Waals surface area contributed by atoms with Crippen molar-refractivity contribution in [3.8, 4) is 12.0 Å². The van der Waals surface area contributed by atoms with E-state index < -0.39 is 0 Å². The summed E-state index contributed by atoms with van der Waals surface area (Å²) >= 11 is 0. The standard InChI is InChI=1S/C5H6O2/c1-2-3-4-7-5-6/h5H,2H2,1H3. The van der Waals surface area contributed by atoms with Gasteiger partial charge in [0.05, 0.1) is 0 Å². The highest BCUT2D eigenvalue weighted by molar-refractivity contribution is 5.39. The van der Waals surface area contributed by atoms with Crippen LogP contribution in [0.5, 0.6) is 0 Å². The third kappa shape index (κ3) is 5.03. The van der Waals surface area contributed by atoms with E-state index in [9.17, 15) is 4.79 Å². The number of hydrogen-bond acceptors (Lipinski definition) is 2. The van der Waals surface area contributed by atoms with Gasteiger partial charge in [-0.1, -0.05) is 12.8 Å². The lowest BCUT2D eigenvalue weighted by Gasteiger charge is -1.70. The van der Waals surface area contributed by atoms with Crippen molar-refractivity contribution in [3.05, 3.63) is 0 Å². The molecule has 7 heavy (non-hydrogen) atoms. The molecule has 0 saturated heterocycles. The van der Waals surface area contributed by atoms with Gasteiger partial charge >= 0.3 is 6.47 Å². The summed E-state index contributed by atoms with van der Waals surface area (Å²) in [6, 6.07) is 0. The van der Waals surface area contributed by atoms with Crippen molar-refractivity contribution in [1.29, 1.82) is 0 Å². The van der Waals surface area contributed by atoms with Crippen molar-refractivity contribution in [1.82, 2.24) is 0 Å². The summed E-state index contributed by atoms with van der Waals surface area (Å²) in [6.45, 7) is 2.18. The van der Waals surface area contributed by atoms with Crippen LogP contribution in [0.2, 0.25) is 0 Å². The van der Waals surface area contributed by atoms with Crippen molar-refractivity contribution in [2.24, 2.45) is 0 Å². The van der Waals surface area contributed by atoms with E-state index in [-0.39, 0.29) is 0 Å². The second-order valence-corrected chi connectivity index (χ2v) is 0.846. The molecular weight excluding hydrogens is 92.1 g/mol. The third-order valence-corrected chi connectivity index (χ3v) is 0.356. The summed E-state index contributed by atoms with van der Waals surface area (Å²) in [6.07, 6.45) is 2.88. The minimum Gasteiger partial charge on any atom is -0.375 e. The summed E-state index contributed by atoms with van der Waals surface area (Å²) in [7, 11) is 0. The van der Waals surface area contributed by atoms with Crippen LogP contribution in [0, 0.1) is 12.0 Å². The first-order chi connectivity index (χ1) is 3.41. The predicted octanol–water partition coefficient (Wildman–Crippen LogP) is 0.530. The monoisotopic (exact) mass is 98.0 g/mol. The Kier molecular flexibility index (Phi) is 4.33. The maximum Gasteiger partial charge on any atom is 0.307 e. The number of ether oxygens (including phenoxy) is 1. The van der Waals surface area contributed by atoms with Crippen LogP contribution in [0.15, 0.2) is 0 Å². The first-order valence-electron chi connectivity index (χ1n) is 1.99. The molecule has 0 amide bonds. The number of carbonyl (C=O) groups is 1. The van der Waals surface area contributed by atoms with Gasteiger partial charge in [-0.25, -0.2) is 0 Å². The second kappa shape index (κ2) is 5.03. The molecule has 0 rings (SSSR count). The molecule has 0 heterocycles. The molecule has 0 fully saturated rings. The summed E-state index contributed by atoms with van der Waals surface area (Å²) in [5.41, 5.74) is 0. The van der Waals surface area contributed by atoms with Gasteiger partial charge in [0.25, 0.3) is 0 Å². The van der Waals surface area contributed by atoms with Gasteiger partial charge < -0.3 is 4.74 Å². The molecule has 0 aromatic rings. The van der Waals surface area contributed by atoms with Gasteiger partial charge in [-0.05, 0) is 0 Å². The highest BCUT2D eigenvalue weighted by atomic mass is 16.5. The van der Waals surface area contributed by atoms with E-state index in [1.165, 1.54) is 0 Å². The van der Waals surface area contributed by atoms with Crippen LogP contribution in [0.3, 0.4) is 0 Å². The molecule has 38 valence electrons. The molecule has 0 atom stereocenters. The van der Waals surface area contributed by atoms with Crippen LogP contribution in [-0.2, 0) is 9.53 Å². The normalized spacial score (nSPS) is 5.86. The Labute approximate surface area is 42.5 Å². The van der Waals surface area contributed by atoms with Crippen LogP contribution in [0.25, 0.3) is 0 Å². The fourth-order valence-corrected chi connectivity index (χ4v) is 0.138. The molecule has 0 unspecified atom stereocenters. The molecule has 2 nitrogen and oxygen atoms in total. The Balaban J connectivity index is 3.06. The average Bonchev–Trinajstić information content (AvgIpc) is 1.69. The average molecular weight is 98.1 g/mol.